The van der Waals surface area contributed by atoms with Gasteiger partial charge >= 0.3 is 0 Å². The van der Waals surface area contributed by atoms with E-state index in [2.05, 4.69) is 20.3 Å². The molecule has 146 valence electrons. The Bertz CT molecular complexity index is 1230. The van der Waals surface area contributed by atoms with Crippen molar-refractivity contribution >= 4 is 23.3 Å². The largest absolute Gasteiger partial charge is 0.293 e. The number of aryl methyl sites for hydroxylation is 1. The summed E-state index contributed by atoms with van der Waals surface area (Å²) in [4.78, 5) is 27.3. The highest BCUT2D eigenvalue weighted by atomic mass is 32.2. The van der Waals surface area contributed by atoms with Gasteiger partial charge in [0.2, 0.25) is 5.16 Å². The Morgan fingerprint density at radius 2 is 1.83 bits per heavy atom. The molecule has 0 aliphatic rings. The fraction of sp³-hybridized carbons (Fsp3) is 0.150. The Kier molecular flexibility index (Phi) is 5.22. The zero-order valence-electron chi connectivity index (χ0n) is 15.4. The van der Waals surface area contributed by atoms with Gasteiger partial charge in [-0.05, 0) is 36.8 Å². The van der Waals surface area contributed by atoms with E-state index in [1.54, 1.807) is 0 Å². The molecule has 0 fully saturated rings. The van der Waals surface area contributed by atoms with Crippen LogP contribution in [0.4, 0.5) is 4.39 Å². The number of ketones is 1. The predicted octanol–water partition coefficient (Wildman–Crippen LogP) is 2.83. The summed E-state index contributed by atoms with van der Waals surface area (Å²) in [6.07, 6.45) is 0.363. The van der Waals surface area contributed by atoms with Crippen LogP contribution in [0.15, 0.2) is 58.5 Å². The van der Waals surface area contributed by atoms with Crippen molar-refractivity contribution < 1.29 is 9.18 Å². The van der Waals surface area contributed by atoms with Crippen molar-refractivity contribution in [1.82, 2.24) is 24.8 Å². The summed E-state index contributed by atoms with van der Waals surface area (Å²) in [7, 11) is 0. The number of rotatable bonds is 6. The van der Waals surface area contributed by atoms with E-state index in [0.29, 0.717) is 22.8 Å². The number of carbonyl (C=O) groups is 1. The molecule has 0 atom stereocenters. The molecule has 0 aliphatic carbocycles. The molecule has 9 heteroatoms. The van der Waals surface area contributed by atoms with E-state index < -0.39 is 5.82 Å². The molecule has 0 radical (unpaired) electrons. The lowest BCUT2D eigenvalue weighted by Crippen LogP contribution is -2.19. The standard InChI is InChI=1S/C20H16FN5O2S/c1-12-2-4-13(5-3-12)10-16-18(28)22-19-23-24-20(26(19)25-16)29-11-17(27)14-6-8-15(21)9-7-14/h2-9H,10-11H2,1H3,(H,22,23,28). The maximum Gasteiger partial charge on any atom is 0.274 e. The van der Waals surface area contributed by atoms with E-state index in [1.165, 1.54) is 28.8 Å². The first-order valence-electron chi connectivity index (χ1n) is 8.81. The first-order valence-corrected chi connectivity index (χ1v) is 9.80. The summed E-state index contributed by atoms with van der Waals surface area (Å²) in [6, 6.07) is 13.2. The summed E-state index contributed by atoms with van der Waals surface area (Å²) in [5, 5.41) is 12.7. The van der Waals surface area contributed by atoms with Gasteiger partial charge in [-0.1, -0.05) is 41.6 Å². The number of fused-ring (bicyclic) bond motifs is 1. The third kappa shape index (κ3) is 4.24. The molecular weight excluding hydrogens is 393 g/mol. The first kappa shape index (κ1) is 19.0. The van der Waals surface area contributed by atoms with Gasteiger partial charge in [0.1, 0.15) is 11.5 Å². The maximum atomic E-state index is 13.0. The topological polar surface area (TPSA) is 93.0 Å². The van der Waals surface area contributed by atoms with E-state index in [0.717, 1.165) is 22.9 Å². The third-order valence-electron chi connectivity index (χ3n) is 4.31. The quantitative estimate of drug-likeness (QED) is 0.389. The number of aromatic nitrogens is 5. The number of carbonyl (C=O) groups excluding carboxylic acids is 1. The normalized spacial score (nSPS) is 11.1. The van der Waals surface area contributed by atoms with Crippen LogP contribution in [0.2, 0.25) is 0 Å². The van der Waals surface area contributed by atoms with Crippen LogP contribution in [0.1, 0.15) is 27.2 Å². The van der Waals surface area contributed by atoms with Crippen LogP contribution in [0.25, 0.3) is 5.78 Å². The molecule has 0 saturated carbocycles. The molecule has 29 heavy (non-hydrogen) atoms. The molecule has 0 aliphatic heterocycles. The molecule has 0 amide bonds. The highest BCUT2D eigenvalue weighted by molar-refractivity contribution is 7.99. The van der Waals surface area contributed by atoms with Gasteiger partial charge in [0, 0.05) is 12.0 Å². The summed E-state index contributed by atoms with van der Waals surface area (Å²) in [5.74, 6) is -0.275. The van der Waals surface area contributed by atoms with E-state index in [9.17, 15) is 14.0 Å². The highest BCUT2D eigenvalue weighted by Gasteiger charge is 2.14. The number of hydrogen-bond acceptors (Lipinski definition) is 6. The van der Waals surface area contributed by atoms with Crippen molar-refractivity contribution in [3.05, 3.63) is 87.1 Å². The SMILES string of the molecule is Cc1ccc(Cc2nn3c(SCC(=O)c4ccc(F)cc4)nnc3[nH]c2=O)cc1. The van der Waals surface area contributed by atoms with Crippen molar-refractivity contribution in [1.29, 1.82) is 0 Å². The van der Waals surface area contributed by atoms with Gasteiger partial charge in [-0.25, -0.2) is 4.39 Å². The number of H-pyrrole nitrogens is 1. The minimum absolute atomic E-state index is 0.0839. The lowest BCUT2D eigenvalue weighted by molar-refractivity contribution is 0.102. The number of hydrogen-bond donors (Lipinski definition) is 1. The van der Waals surface area contributed by atoms with Crippen molar-refractivity contribution in [2.24, 2.45) is 0 Å². The van der Waals surface area contributed by atoms with Gasteiger partial charge in [-0.2, -0.15) is 9.61 Å². The van der Waals surface area contributed by atoms with Crippen LogP contribution < -0.4 is 5.56 Å². The van der Waals surface area contributed by atoms with Crippen LogP contribution >= 0.6 is 11.8 Å². The fourth-order valence-electron chi connectivity index (χ4n) is 2.73. The Labute approximate surface area is 169 Å². The Hall–Kier alpha value is -3.33. The highest BCUT2D eigenvalue weighted by Crippen LogP contribution is 2.17. The maximum absolute atomic E-state index is 13.0. The van der Waals surface area contributed by atoms with Gasteiger partial charge in [0.05, 0.1) is 5.75 Å². The molecule has 0 saturated heterocycles. The number of aromatic amines is 1. The summed E-state index contributed by atoms with van der Waals surface area (Å²) >= 11 is 1.15. The van der Waals surface area contributed by atoms with Gasteiger partial charge < -0.3 is 0 Å². The van der Waals surface area contributed by atoms with Gasteiger partial charge in [-0.15, -0.1) is 10.2 Å². The first-order chi connectivity index (χ1) is 14.0. The lowest BCUT2D eigenvalue weighted by atomic mass is 10.1. The van der Waals surface area contributed by atoms with E-state index in [1.807, 2.05) is 31.2 Å². The van der Waals surface area contributed by atoms with Crippen molar-refractivity contribution in [2.75, 3.05) is 5.75 Å². The van der Waals surface area contributed by atoms with Crippen molar-refractivity contribution in [2.45, 2.75) is 18.5 Å². The molecule has 1 N–H and O–H groups in total. The van der Waals surface area contributed by atoms with E-state index >= 15 is 0 Å². The second kappa shape index (κ2) is 7.96. The van der Waals surface area contributed by atoms with Crippen LogP contribution in [-0.2, 0) is 6.42 Å². The number of thioether (sulfide) groups is 1. The zero-order chi connectivity index (χ0) is 20.4. The fourth-order valence-corrected chi connectivity index (χ4v) is 3.50. The van der Waals surface area contributed by atoms with Gasteiger partial charge in [-0.3, -0.25) is 14.6 Å². The van der Waals surface area contributed by atoms with Crippen molar-refractivity contribution in [3.63, 3.8) is 0 Å². The molecule has 0 bridgehead atoms. The molecule has 4 aromatic rings. The number of nitrogens with zero attached hydrogens (tertiary/aromatic N) is 4. The molecule has 2 heterocycles. The Balaban J connectivity index is 1.55. The van der Waals surface area contributed by atoms with Crippen molar-refractivity contribution in [3.8, 4) is 0 Å². The molecule has 2 aromatic heterocycles. The molecular formula is C20H16FN5O2S. The van der Waals surface area contributed by atoms with E-state index in [4.69, 9.17) is 0 Å². The lowest BCUT2D eigenvalue weighted by Gasteiger charge is -2.03. The Morgan fingerprint density at radius 3 is 2.55 bits per heavy atom. The minimum atomic E-state index is -0.396. The average molecular weight is 409 g/mol. The second-order valence-electron chi connectivity index (χ2n) is 6.50. The van der Waals surface area contributed by atoms with Gasteiger partial charge in [0.25, 0.3) is 11.3 Å². The van der Waals surface area contributed by atoms with E-state index in [-0.39, 0.29) is 22.9 Å². The zero-order valence-corrected chi connectivity index (χ0v) is 16.2. The predicted molar refractivity (Wildman–Crippen MR) is 107 cm³/mol. The summed E-state index contributed by atoms with van der Waals surface area (Å²) < 4.78 is 14.4. The molecule has 7 nitrogen and oxygen atoms in total. The van der Waals surface area contributed by atoms with Crippen LogP contribution in [0.5, 0.6) is 0 Å². The van der Waals surface area contributed by atoms with Gasteiger partial charge in [0.15, 0.2) is 5.78 Å². The number of Topliss-reactive ketones (excluding diaryl/α,β-unsaturated/α-hetero) is 1. The third-order valence-corrected chi connectivity index (χ3v) is 5.23. The average Bonchev–Trinajstić information content (AvgIpc) is 3.10. The smallest absolute Gasteiger partial charge is 0.274 e. The van der Waals surface area contributed by atoms with Crippen LogP contribution in [0, 0.1) is 12.7 Å². The summed E-state index contributed by atoms with van der Waals surface area (Å²) in [5.41, 5.74) is 2.50. The molecule has 0 spiro atoms. The van der Waals surface area contributed by atoms with Crippen LogP contribution in [0.3, 0.4) is 0 Å². The van der Waals surface area contributed by atoms with Crippen LogP contribution in [-0.4, -0.2) is 36.3 Å². The monoisotopic (exact) mass is 409 g/mol. The Morgan fingerprint density at radius 1 is 1.10 bits per heavy atom. The number of benzene rings is 2. The molecule has 4 rings (SSSR count). The second-order valence-corrected chi connectivity index (χ2v) is 7.44. The number of nitrogens with one attached hydrogen (secondary N) is 1. The summed E-state index contributed by atoms with van der Waals surface area (Å²) in [6.45, 7) is 1.99. The molecule has 0 unspecified atom stereocenters. The minimum Gasteiger partial charge on any atom is -0.293 e. The number of halogens is 1. The molecule has 2 aromatic carbocycles.